The summed E-state index contributed by atoms with van der Waals surface area (Å²) in [5.74, 6) is -1.24. The number of anilines is 1. The predicted molar refractivity (Wildman–Crippen MR) is 114 cm³/mol. The molecule has 0 unspecified atom stereocenters. The summed E-state index contributed by atoms with van der Waals surface area (Å²) >= 11 is 18.3. The number of benzene rings is 3. The third-order valence-corrected chi connectivity index (χ3v) is 4.85. The van der Waals surface area contributed by atoms with Crippen LogP contribution in [0.4, 0.5) is 19.3 Å². The largest absolute Gasteiger partial charge is 0.486 e. The number of hydrogen-bond acceptors (Lipinski definition) is 2. The molecule has 3 aromatic rings. The van der Waals surface area contributed by atoms with Crippen molar-refractivity contribution in [3.63, 3.8) is 0 Å². The first-order valence-electron chi connectivity index (χ1n) is 8.67. The fourth-order valence-corrected chi connectivity index (χ4v) is 3.27. The standard InChI is InChI=1S/C21H15Cl3F2N2O2/c22-13-6-4-12(5-7-13)11-30-20-16(23)8-14(9-17(20)24)28-21(29)27-10-15-18(25)2-1-3-19(15)26/h1-9H,10-11H2,(H2,27,28,29). The van der Waals surface area contributed by atoms with Gasteiger partial charge in [-0.25, -0.2) is 13.6 Å². The summed E-state index contributed by atoms with van der Waals surface area (Å²) in [6.45, 7) is -0.105. The number of halogens is 5. The van der Waals surface area contributed by atoms with E-state index in [2.05, 4.69) is 10.6 Å². The van der Waals surface area contributed by atoms with Gasteiger partial charge in [-0.2, -0.15) is 0 Å². The van der Waals surface area contributed by atoms with Crippen LogP contribution in [0.5, 0.6) is 5.75 Å². The maximum absolute atomic E-state index is 13.6. The molecular weight excluding hydrogens is 457 g/mol. The van der Waals surface area contributed by atoms with Gasteiger partial charge in [-0.15, -0.1) is 0 Å². The Hall–Kier alpha value is -2.54. The van der Waals surface area contributed by atoms with Crippen molar-refractivity contribution in [1.82, 2.24) is 5.32 Å². The van der Waals surface area contributed by atoms with E-state index < -0.39 is 17.7 Å². The summed E-state index contributed by atoms with van der Waals surface area (Å²) in [4.78, 5) is 12.1. The van der Waals surface area contributed by atoms with Crippen LogP contribution in [-0.2, 0) is 13.2 Å². The first-order valence-corrected chi connectivity index (χ1v) is 9.81. The lowest BCUT2D eigenvalue weighted by atomic mass is 10.2. The highest BCUT2D eigenvalue weighted by molar-refractivity contribution is 6.37. The molecule has 0 saturated carbocycles. The lowest BCUT2D eigenvalue weighted by Crippen LogP contribution is -2.29. The number of carbonyl (C=O) groups is 1. The number of ether oxygens (including phenoxy) is 1. The molecule has 0 spiro atoms. The molecule has 2 amide bonds. The van der Waals surface area contributed by atoms with E-state index in [0.717, 1.165) is 17.7 Å². The van der Waals surface area contributed by atoms with Crippen LogP contribution in [0, 0.1) is 11.6 Å². The Balaban J connectivity index is 1.61. The van der Waals surface area contributed by atoms with Crippen molar-refractivity contribution >= 4 is 46.5 Å². The summed E-state index contributed by atoms with van der Waals surface area (Å²) in [6.07, 6.45) is 0. The molecule has 0 aromatic heterocycles. The maximum atomic E-state index is 13.6. The number of urea groups is 1. The lowest BCUT2D eigenvalue weighted by molar-refractivity contribution is 0.251. The van der Waals surface area contributed by atoms with Gasteiger partial charge < -0.3 is 15.4 Å². The molecule has 3 rings (SSSR count). The Labute approximate surface area is 186 Å². The van der Waals surface area contributed by atoms with Gasteiger partial charge in [0.25, 0.3) is 0 Å². The summed E-state index contributed by atoms with van der Waals surface area (Å²) in [5, 5.41) is 5.87. The summed E-state index contributed by atoms with van der Waals surface area (Å²) < 4.78 is 32.9. The van der Waals surface area contributed by atoms with Crippen LogP contribution in [0.15, 0.2) is 54.6 Å². The number of amides is 2. The Morgan fingerprint density at radius 1 is 0.933 bits per heavy atom. The van der Waals surface area contributed by atoms with Crippen molar-refractivity contribution in [2.75, 3.05) is 5.32 Å². The van der Waals surface area contributed by atoms with Gasteiger partial charge in [-0.3, -0.25) is 0 Å². The van der Waals surface area contributed by atoms with Gasteiger partial charge in [0.2, 0.25) is 0 Å². The fraction of sp³-hybridized carbons (Fsp3) is 0.0952. The summed E-state index contributed by atoms with van der Waals surface area (Å²) in [5.41, 5.74) is 0.915. The Morgan fingerprint density at radius 2 is 1.53 bits per heavy atom. The molecule has 0 bridgehead atoms. The maximum Gasteiger partial charge on any atom is 0.319 e. The van der Waals surface area contributed by atoms with E-state index >= 15 is 0 Å². The SMILES string of the molecule is O=C(NCc1c(F)cccc1F)Nc1cc(Cl)c(OCc2ccc(Cl)cc2)c(Cl)c1. The van der Waals surface area contributed by atoms with Gasteiger partial charge in [0, 0.05) is 16.3 Å². The lowest BCUT2D eigenvalue weighted by Gasteiger charge is -2.13. The molecule has 9 heteroatoms. The number of rotatable bonds is 6. The second kappa shape index (κ2) is 9.98. The topological polar surface area (TPSA) is 50.4 Å². The number of nitrogens with one attached hydrogen (secondary N) is 2. The quantitative estimate of drug-likeness (QED) is 0.414. The van der Waals surface area contributed by atoms with E-state index in [1.807, 2.05) is 12.1 Å². The molecule has 0 heterocycles. The van der Waals surface area contributed by atoms with Crippen molar-refractivity contribution in [2.24, 2.45) is 0 Å². The van der Waals surface area contributed by atoms with Gasteiger partial charge in [-0.1, -0.05) is 53.0 Å². The monoisotopic (exact) mass is 470 g/mol. The van der Waals surface area contributed by atoms with Gasteiger partial charge in [0.05, 0.1) is 16.6 Å². The highest BCUT2D eigenvalue weighted by Gasteiger charge is 2.13. The third kappa shape index (κ3) is 5.75. The van der Waals surface area contributed by atoms with Crippen LogP contribution in [0.25, 0.3) is 0 Å². The highest BCUT2D eigenvalue weighted by atomic mass is 35.5. The molecule has 0 atom stereocenters. The number of carbonyl (C=O) groups excluding carboxylic acids is 1. The van der Waals surface area contributed by atoms with E-state index in [1.165, 1.54) is 18.2 Å². The zero-order valence-electron chi connectivity index (χ0n) is 15.3. The fourth-order valence-electron chi connectivity index (χ4n) is 2.55. The van der Waals surface area contributed by atoms with Gasteiger partial charge in [0.1, 0.15) is 18.2 Å². The van der Waals surface area contributed by atoms with Crippen LogP contribution < -0.4 is 15.4 Å². The van der Waals surface area contributed by atoms with Crippen molar-refractivity contribution < 1.29 is 18.3 Å². The Kier molecular flexibility index (Phi) is 7.37. The molecule has 3 aromatic carbocycles. The van der Waals surface area contributed by atoms with Gasteiger partial charge in [0.15, 0.2) is 5.75 Å². The molecule has 0 aliphatic carbocycles. The summed E-state index contributed by atoms with van der Waals surface area (Å²) in [6, 6.07) is 12.8. The molecule has 2 N–H and O–H groups in total. The van der Waals surface area contributed by atoms with E-state index in [1.54, 1.807) is 12.1 Å². The van der Waals surface area contributed by atoms with Crippen molar-refractivity contribution in [3.8, 4) is 5.75 Å². The zero-order valence-corrected chi connectivity index (χ0v) is 17.6. The smallest absolute Gasteiger partial charge is 0.319 e. The molecule has 0 saturated heterocycles. The second-order valence-electron chi connectivity index (χ2n) is 6.19. The van der Waals surface area contributed by atoms with Crippen LogP contribution in [-0.4, -0.2) is 6.03 Å². The normalized spacial score (nSPS) is 10.6. The van der Waals surface area contributed by atoms with Crippen LogP contribution in [0.1, 0.15) is 11.1 Å². The highest BCUT2D eigenvalue weighted by Crippen LogP contribution is 2.36. The molecule has 4 nitrogen and oxygen atoms in total. The van der Waals surface area contributed by atoms with Crippen molar-refractivity contribution in [1.29, 1.82) is 0 Å². The second-order valence-corrected chi connectivity index (χ2v) is 7.44. The molecule has 0 aliphatic rings. The zero-order chi connectivity index (χ0) is 21.7. The minimum absolute atomic E-state index is 0.187. The molecule has 0 radical (unpaired) electrons. The average molecular weight is 472 g/mol. The minimum atomic E-state index is -0.747. The minimum Gasteiger partial charge on any atom is -0.486 e. The van der Waals surface area contributed by atoms with E-state index in [4.69, 9.17) is 39.5 Å². The first kappa shape index (κ1) is 22.2. The molecular formula is C21H15Cl3F2N2O2. The molecule has 0 aliphatic heterocycles. The van der Waals surface area contributed by atoms with Crippen LogP contribution in [0.3, 0.4) is 0 Å². The number of hydrogen-bond donors (Lipinski definition) is 2. The van der Waals surface area contributed by atoms with E-state index in [9.17, 15) is 13.6 Å². The van der Waals surface area contributed by atoms with Gasteiger partial charge in [-0.05, 0) is 42.0 Å². The predicted octanol–water partition coefficient (Wildman–Crippen LogP) is 6.83. The van der Waals surface area contributed by atoms with E-state index in [0.29, 0.717) is 5.02 Å². The molecule has 156 valence electrons. The summed E-state index contributed by atoms with van der Waals surface area (Å²) in [7, 11) is 0. The Bertz CT molecular complexity index is 1020. The first-order chi connectivity index (χ1) is 14.3. The third-order valence-electron chi connectivity index (χ3n) is 4.04. The molecule has 30 heavy (non-hydrogen) atoms. The average Bonchev–Trinajstić information content (AvgIpc) is 2.68. The van der Waals surface area contributed by atoms with Crippen molar-refractivity contribution in [3.05, 3.63) is 92.4 Å². The van der Waals surface area contributed by atoms with Crippen LogP contribution in [0.2, 0.25) is 15.1 Å². The van der Waals surface area contributed by atoms with Gasteiger partial charge >= 0.3 is 6.03 Å². The van der Waals surface area contributed by atoms with E-state index in [-0.39, 0.29) is 40.2 Å². The van der Waals surface area contributed by atoms with Crippen LogP contribution >= 0.6 is 34.8 Å². The Morgan fingerprint density at radius 3 is 2.13 bits per heavy atom. The molecule has 0 fully saturated rings. The van der Waals surface area contributed by atoms with Crippen molar-refractivity contribution in [2.45, 2.75) is 13.2 Å².